The van der Waals surface area contributed by atoms with Crippen LogP contribution in [-0.4, -0.2) is 62.0 Å². The lowest BCUT2D eigenvalue weighted by molar-refractivity contribution is 0.0361. The molecule has 1 saturated heterocycles. The number of ether oxygens (including phenoxy) is 3. The van der Waals surface area contributed by atoms with Gasteiger partial charge < -0.3 is 30.0 Å². The number of nitrogens with two attached hydrogens (primary N) is 1. The van der Waals surface area contributed by atoms with Crippen LogP contribution >= 0.6 is 11.6 Å². The summed E-state index contributed by atoms with van der Waals surface area (Å²) in [6.45, 7) is 4.13. The van der Waals surface area contributed by atoms with Crippen LogP contribution in [0.4, 0.5) is 5.69 Å². The predicted octanol–water partition coefficient (Wildman–Crippen LogP) is 1.94. The van der Waals surface area contributed by atoms with Crippen LogP contribution in [0.15, 0.2) is 6.07 Å². The SMILES string of the molecule is Nc1c(Cl)cc(C(=O)OCC2CCN(CCCO)CC2)c2c1OCCO2. The third-order valence-electron chi connectivity index (χ3n) is 4.81. The van der Waals surface area contributed by atoms with Gasteiger partial charge in [0.15, 0.2) is 11.5 Å². The van der Waals surface area contributed by atoms with Crippen LogP contribution in [0, 0.1) is 5.92 Å². The second kappa shape index (κ2) is 8.79. The summed E-state index contributed by atoms with van der Waals surface area (Å²) in [5.74, 6) is 0.479. The molecule has 0 saturated carbocycles. The number of nitrogen functional groups attached to an aromatic ring is 1. The van der Waals surface area contributed by atoms with E-state index in [1.165, 1.54) is 6.07 Å². The number of rotatable bonds is 6. The van der Waals surface area contributed by atoms with Crippen molar-refractivity contribution in [2.45, 2.75) is 19.3 Å². The Kier molecular flexibility index (Phi) is 6.45. The smallest absolute Gasteiger partial charge is 0.342 e. The average Bonchev–Trinajstić information content (AvgIpc) is 2.68. The molecule has 1 fully saturated rings. The van der Waals surface area contributed by atoms with E-state index < -0.39 is 5.97 Å². The van der Waals surface area contributed by atoms with Crippen molar-refractivity contribution >= 4 is 23.3 Å². The third-order valence-corrected chi connectivity index (χ3v) is 5.12. The number of carbonyl (C=O) groups excluding carboxylic acids is 1. The molecule has 0 bridgehead atoms. The topological polar surface area (TPSA) is 94.3 Å². The quantitative estimate of drug-likeness (QED) is 0.571. The van der Waals surface area contributed by atoms with E-state index in [4.69, 9.17) is 36.7 Å². The molecule has 2 aliphatic heterocycles. The van der Waals surface area contributed by atoms with Crippen molar-refractivity contribution < 1.29 is 24.1 Å². The molecule has 3 rings (SSSR count). The fourth-order valence-electron chi connectivity index (χ4n) is 3.29. The summed E-state index contributed by atoms with van der Waals surface area (Å²) in [6.07, 6.45) is 2.74. The standard InChI is InChI=1S/C18H25ClN2O5/c19-14-10-13(16-17(15(14)20)25-9-8-24-16)18(23)26-11-12-2-5-21(6-3-12)4-1-7-22/h10,12,22H,1-9,11,20H2. The number of nitrogens with zero attached hydrogens (tertiary/aromatic N) is 1. The number of esters is 1. The second-order valence-corrected chi connectivity index (χ2v) is 7.04. The highest BCUT2D eigenvalue weighted by Gasteiger charge is 2.27. The minimum absolute atomic E-state index is 0.220. The summed E-state index contributed by atoms with van der Waals surface area (Å²) in [4.78, 5) is 14.9. The number of hydrogen-bond acceptors (Lipinski definition) is 7. The number of piperidine rings is 1. The average molecular weight is 385 g/mol. The molecule has 0 radical (unpaired) electrons. The van der Waals surface area contributed by atoms with Crippen LogP contribution in [0.3, 0.4) is 0 Å². The van der Waals surface area contributed by atoms with Crippen molar-refractivity contribution in [2.24, 2.45) is 5.92 Å². The normalized spacial score (nSPS) is 17.9. The number of likely N-dealkylation sites (tertiary alicyclic amines) is 1. The summed E-state index contributed by atoms with van der Waals surface area (Å²) in [5.41, 5.74) is 6.42. The van der Waals surface area contributed by atoms with E-state index in [0.29, 0.717) is 37.2 Å². The molecule has 0 unspecified atom stereocenters. The highest BCUT2D eigenvalue weighted by molar-refractivity contribution is 6.34. The van der Waals surface area contributed by atoms with Crippen molar-refractivity contribution in [2.75, 3.05) is 51.8 Å². The maximum absolute atomic E-state index is 12.5. The van der Waals surface area contributed by atoms with Gasteiger partial charge in [0.2, 0.25) is 0 Å². The van der Waals surface area contributed by atoms with Gasteiger partial charge in [0.1, 0.15) is 18.8 Å². The summed E-state index contributed by atoms with van der Waals surface area (Å²) < 4.78 is 16.6. The van der Waals surface area contributed by atoms with Crippen LogP contribution in [-0.2, 0) is 4.74 Å². The van der Waals surface area contributed by atoms with Gasteiger partial charge in [0.05, 0.1) is 17.3 Å². The Hall–Kier alpha value is -1.70. The van der Waals surface area contributed by atoms with Crippen molar-refractivity contribution in [3.05, 3.63) is 16.7 Å². The molecule has 0 aromatic heterocycles. The maximum atomic E-state index is 12.5. The number of anilines is 1. The summed E-state index contributed by atoms with van der Waals surface area (Å²) in [7, 11) is 0. The molecule has 144 valence electrons. The number of aliphatic hydroxyl groups is 1. The Labute approximate surface area is 157 Å². The lowest BCUT2D eigenvalue weighted by Crippen LogP contribution is -2.36. The summed E-state index contributed by atoms with van der Waals surface area (Å²) >= 11 is 6.11. The minimum Gasteiger partial charge on any atom is -0.485 e. The molecule has 3 N–H and O–H groups in total. The first kappa shape index (κ1) is 19.1. The van der Waals surface area contributed by atoms with E-state index in [-0.39, 0.29) is 22.9 Å². The van der Waals surface area contributed by atoms with E-state index in [1.54, 1.807) is 0 Å². The fourth-order valence-corrected chi connectivity index (χ4v) is 3.49. The molecule has 0 amide bonds. The zero-order valence-electron chi connectivity index (χ0n) is 14.7. The second-order valence-electron chi connectivity index (χ2n) is 6.64. The Morgan fingerprint density at radius 2 is 2.00 bits per heavy atom. The lowest BCUT2D eigenvalue weighted by atomic mass is 9.97. The van der Waals surface area contributed by atoms with Crippen molar-refractivity contribution in [1.29, 1.82) is 0 Å². The summed E-state index contributed by atoms with van der Waals surface area (Å²) in [5, 5.41) is 9.15. The molecular formula is C18H25ClN2O5. The first-order valence-corrected chi connectivity index (χ1v) is 9.36. The number of hydrogen-bond donors (Lipinski definition) is 2. The van der Waals surface area contributed by atoms with Gasteiger partial charge >= 0.3 is 5.97 Å². The molecule has 0 aliphatic carbocycles. The fraction of sp³-hybridized carbons (Fsp3) is 0.611. The highest BCUT2D eigenvalue weighted by Crippen LogP contribution is 2.43. The molecule has 2 aliphatic rings. The number of benzene rings is 1. The molecule has 1 aromatic rings. The van der Waals surface area contributed by atoms with Gasteiger partial charge in [-0.2, -0.15) is 0 Å². The molecule has 7 nitrogen and oxygen atoms in total. The molecule has 0 atom stereocenters. The maximum Gasteiger partial charge on any atom is 0.342 e. The molecule has 1 aromatic carbocycles. The van der Waals surface area contributed by atoms with Gasteiger partial charge in [0.25, 0.3) is 0 Å². The van der Waals surface area contributed by atoms with Crippen molar-refractivity contribution in [3.63, 3.8) is 0 Å². The van der Waals surface area contributed by atoms with E-state index in [9.17, 15) is 4.79 Å². The highest BCUT2D eigenvalue weighted by atomic mass is 35.5. The van der Waals surface area contributed by atoms with E-state index in [1.807, 2.05) is 0 Å². The molecule has 0 spiro atoms. The van der Waals surface area contributed by atoms with Gasteiger partial charge in [-0.1, -0.05) is 11.6 Å². The van der Waals surface area contributed by atoms with Crippen molar-refractivity contribution in [3.8, 4) is 11.5 Å². The van der Waals surface area contributed by atoms with Gasteiger partial charge in [-0.3, -0.25) is 0 Å². The predicted molar refractivity (Wildman–Crippen MR) is 98.0 cm³/mol. The Balaban J connectivity index is 1.57. The van der Waals surface area contributed by atoms with Crippen LogP contribution in [0.5, 0.6) is 11.5 Å². The van der Waals surface area contributed by atoms with Crippen LogP contribution in [0.2, 0.25) is 5.02 Å². The minimum atomic E-state index is -0.476. The summed E-state index contributed by atoms with van der Waals surface area (Å²) in [6, 6.07) is 1.48. The van der Waals surface area contributed by atoms with Crippen LogP contribution in [0.1, 0.15) is 29.6 Å². The van der Waals surface area contributed by atoms with E-state index >= 15 is 0 Å². The molecule has 8 heteroatoms. The van der Waals surface area contributed by atoms with Gasteiger partial charge in [0, 0.05) is 13.2 Å². The van der Waals surface area contributed by atoms with Gasteiger partial charge in [-0.05, 0) is 44.3 Å². The zero-order valence-corrected chi connectivity index (χ0v) is 15.5. The van der Waals surface area contributed by atoms with E-state index in [0.717, 1.165) is 38.9 Å². The number of fused-ring (bicyclic) bond motifs is 1. The van der Waals surface area contributed by atoms with Crippen LogP contribution in [0.25, 0.3) is 0 Å². The molecule has 2 heterocycles. The number of carbonyl (C=O) groups is 1. The third kappa shape index (κ3) is 4.34. The van der Waals surface area contributed by atoms with E-state index in [2.05, 4.69) is 4.90 Å². The first-order valence-electron chi connectivity index (χ1n) is 8.98. The Morgan fingerprint density at radius 1 is 1.31 bits per heavy atom. The van der Waals surface area contributed by atoms with Crippen molar-refractivity contribution in [1.82, 2.24) is 4.90 Å². The Bertz CT molecular complexity index is 647. The monoisotopic (exact) mass is 384 g/mol. The number of aliphatic hydroxyl groups excluding tert-OH is 1. The van der Waals surface area contributed by atoms with Crippen LogP contribution < -0.4 is 15.2 Å². The Morgan fingerprint density at radius 3 is 2.69 bits per heavy atom. The lowest BCUT2D eigenvalue weighted by Gasteiger charge is -2.31. The number of halogens is 1. The zero-order chi connectivity index (χ0) is 18.5. The first-order chi connectivity index (χ1) is 12.6. The largest absolute Gasteiger partial charge is 0.485 e. The molecule has 26 heavy (non-hydrogen) atoms. The molecular weight excluding hydrogens is 360 g/mol. The van der Waals surface area contributed by atoms with Gasteiger partial charge in [-0.25, -0.2) is 4.79 Å². The van der Waals surface area contributed by atoms with Gasteiger partial charge in [-0.15, -0.1) is 0 Å².